The number of carbonyl (C=O) groups is 2. The van der Waals surface area contributed by atoms with Crippen LogP contribution in [0.15, 0.2) is 24.5 Å². The average Bonchev–Trinajstić information content (AvgIpc) is 3.08. The van der Waals surface area contributed by atoms with E-state index in [4.69, 9.17) is 14.2 Å². The van der Waals surface area contributed by atoms with E-state index in [9.17, 15) is 9.59 Å². The van der Waals surface area contributed by atoms with Gasteiger partial charge in [0, 0.05) is 38.0 Å². The number of hydrogen-bond acceptors (Lipinski definition) is 6. The number of ether oxygens (including phenoxy) is 3. The number of nitrogens with zero attached hydrogens (tertiary/aromatic N) is 3. The molecule has 2 aromatic rings. The molecule has 0 aliphatic carbocycles. The Morgan fingerprint density at radius 2 is 1.78 bits per heavy atom. The number of aromatic nitrogens is 2. The Bertz CT molecular complexity index is 793. The number of hydrogen-bond donors (Lipinski definition) is 1. The number of rotatable bonds is 8. The molecule has 1 N–H and O–H groups in total. The van der Waals surface area contributed by atoms with Crippen molar-refractivity contribution < 1.29 is 23.8 Å². The lowest BCUT2D eigenvalue weighted by Gasteiger charge is -2.17. The highest BCUT2D eigenvalue weighted by Crippen LogP contribution is 2.38. The van der Waals surface area contributed by atoms with Crippen molar-refractivity contribution >= 4 is 11.8 Å². The van der Waals surface area contributed by atoms with E-state index in [0.29, 0.717) is 29.4 Å². The first kappa shape index (κ1) is 20.1. The number of amides is 2. The van der Waals surface area contributed by atoms with Crippen LogP contribution >= 0.6 is 0 Å². The van der Waals surface area contributed by atoms with Gasteiger partial charge in [-0.1, -0.05) is 0 Å². The molecule has 1 aromatic heterocycles. The number of likely N-dealkylation sites (N-methyl/N-ethyl adjacent to an activating group) is 1. The molecular formula is C18H24N4O5. The summed E-state index contributed by atoms with van der Waals surface area (Å²) in [4.78, 5) is 26.2. The fraction of sp³-hybridized carbons (Fsp3) is 0.389. The van der Waals surface area contributed by atoms with Crippen molar-refractivity contribution in [3.05, 3.63) is 35.7 Å². The van der Waals surface area contributed by atoms with Crippen molar-refractivity contribution in [1.82, 2.24) is 20.0 Å². The predicted molar refractivity (Wildman–Crippen MR) is 98.1 cm³/mol. The molecule has 146 valence electrons. The van der Waals surface area contributed by atoms with Gasteiger partial charge >= 0.3 is 0 Å². The van der Waals surface area contributed by atoms with Crippen LogP contribution in [0.3, 0.4) is 0 Å². The Kier molecular flexibility index (Phi) is 6.64. The molecule has 2 rings (SSSR count). The Morgan fingerprint density at radius 3 is 2.26 bits per heavy atom. The second-order valence-electron chi connectivity index (χ2n) is 5.87. The third-order valence-corrected chi connectivity index (χ3v) is 3.93. The molecule has 0 fully saturated rings. The number of methoxy groups -OCH3 is 3. The molecule has 0 unspecified atom stereocenters. The van der Waals surface area contributed by atoms with Crippen molar-refractivity contribution in [2.24, 2.45) is 7.05 Å². The van der Waals surface area contributed by atoms with Crippen molar-refractivity contribution in [3.8, 4) is 17.2 Å². The summed E-state index contributed by atoms with van der Waals surface area (Å²) in [5.74, 6) is 0.477. The molecule has 2 amide bonds. The van der Waals surface area contributed by atoms with E-state index < -0.39 is 5.91 Å². The smallest absolute Gasteiger partial charge is 0.251 e. The van der Waals surface area contributed by atoms with E-state index in [1.54, 1.807) is 17.9 Å². The summed E-state index contributed by atoms with van der Waals surface area (Å²) in [6, 6.07) is 3.06. The maximum absolute atomic E-state index is 12.4. The van der Waals surface area contributed by atoms with E-state index in [2.05, 4.69) is 10.4 Å². The minimum atomic E-state index is -0.419. The van der Waals surface area contributed by atoms with Gasteiger partial charge in [0.2, 0.25) is 11.7 Å². The molecular weight excluding hydrogens is 352 g/mol. The number of benzene rings is 1. The quantitative estimate of drug-likeness (QED) is 0.733. The van der Waals surface area contributed by atoms with E-state index >= 15 is 0 Å². The molecule has 0 saturated carbocycles. The zero-order chi connectivity index (χ0) is 20.0. The minimum absolute atomic E-state index is 0.133. The average molecular weight is 376 g/mol. The largest absolute Gasteiger partial charge is 0.493 e. The van der Waals surface area contributed by atoms with Crippen molar-refractivity contribution in [3.63, 3.8) is 0 Å². The molecule has 0 radical (unpaired) electrons. The number of carbonyl (C=O) groups excluding carboxylic acids is 2. The van der Waals surface area contributed by atoms with Gasteiger partial charge in [0.25, 0.3) is 5.91 Å². The van der Waals surface area contributed by atoms with Gasteiger partial charge in [0.05, 0.1) is 34.1 Å². The minimum Gasteiger partial charge on any atom is -0.493 e. The molecule has 27 heavy (non-hydrogen) atoms. The summed E-state index contributed by atoms with van der Waals surface area (Å²) < 4.78 is 17.4. The van der Waals surface area contributed by atoms with Gasteiger partial charge in [0.15, 0.2) is 11.5 Å². The monoisotopic (exact) mass is 376 g/mol. The van der Waals surface area contributed by atoms with Gasteiger partial charge in [-0.05, 0) is 12.1 Å². The highest BCUT2D eigenvalue weighted by Gasteiger charge is 2.18. The van der Waals surface area contributed by atoms with Crippen molar-refractivity contribution in [2.45, 2.75) is 6.54 Å². The van der Waals surface area contributed by atoms with Gasteiger partial charge < -0.3 is 24.4 Å². The predicted octanol–water partition coefficient (Wildman–Crippen LogP) is 0.834. The Labute approximate surface area is 157 Å². The van der Waals surface area contributed by atoms with E-state index in [0.717, 1.165) is 5.56 Å². The third kappa shape index (κ3) is 4.90. The van der Waals surface area contributed by atoms with E-state index in [1.165, 1.54) is 38.4 Å². The van der Waals surface area contributed by atoms with Gasteiger partial charge in [-0.15, -0.1) is 0 Å². The maximum Gasteiger partial charge on any atom is 0.251 e. The van der Waals surface area contributed by atoms with Crippen LogP contribution in [0, 0.1) is 0 Å². The SMILES string of the molecule is COc1cc(C(=O)NCC(=O)N(C)Cc2cnn(C)c2)cc(OC)c1OC. The van der Waals surface area contributed by atoms with Gasteiger partial charge in [-0.3, -0.25) is 14.3 Å². The molecule has 0 bridgehead atoms. The van der Waals surface area contributed by atoms with Crippen LogP contribution in [-0.4, -0.2) is 61.4 Å². The van der Waals surface area contributed by atoms with Crippen LogP contribution in [0.2, 0.25) is 0 Å². The number of aryl methyl sites for hydroxylation is 1. The number of nitrogens with one attached hydrogen (secondary N) is 1. The highest BCUT2D eigenvalue weighted by atomic mass is 16.5. The third-order valence-electron chi connectivity index (χ3n) is 3.93. The molecule has 0 aliphatic rings. The van der Waals surface area contributed by atoms with Crippen LogP contribution in [0.5, 0.6) is 17.2 Å². The first-order valence-electron chi connectivity index (χ1n) is 8.19. The van der Waals surface area contributed by atoms with Crippen LogP contribution in [0.25, 0.3) is 0 Å². The molecule has 9 nitrogen and oxygen atoms in total. The molecule has 0 saturated heterocycles. The normalized spacial score (nSPS) is 10.3. The second-order valence-corrected chi connectivity index (χ2v) is 5.87. The second kappa shape index (κ2) is 8.93. The Morgan fingerprint density at radius 1 is 1.15 bits per heavy atom. The molecule has 0 spiro atoms. The molecule has 1 aromatic carbocycles. The van der Waals surface area contributed by atoms with Crippen LogP contribution in [-0.2, 0) is 18.4 Å². The van der Waals surface area contributed by atoms with Crippen LogP contribution < -0.4 is 19.5 Å². The van der Waals surface area contributed by atoms with E-state index in [-0.39, 0.29) is 12.5 Å². The van der Waals surface area contributed by atoms with Crippen molar-refractivity contribution in [2.75, 3.05) is 34.9 Å². The summed E-state index contributed by atoms with van der Waals surface area (Å²) in [6.07, 6.45) is 3.52. The standard InChI is InChI=1S/C18H24N4O5/c1-21(10-12-8-20-22(2)11-12)16(23)9-19-18(24)13-6-14(25-3)17(27-5)15(7-13)26-4/h6-8,11H,9-10H2,1-5H3,(H,19,24). The Hall–Kier alpha value is -3.23. The highest BCUT2D eigenvalue weighted by molar-refractivity contribution is 5.97. The summed E-state index contributed by atoms with van der Waals surface area (Å²) in [6.45, 7) is 0.277. The summed E-state index contributed by atoms with van der Waals surface area (Å²) in [5.41, 5.74) is 1.21. The Balaban J connectivity index is 2.01. The summed E-state index contributed by atoms with van der Waals surface area (Å²) >= 11 is 0. The fourth-order valence-electron chi connectivity index (χ4n) is 2.52. The zero-order valence-electron chi connectivity index (χ0n) is 16.1. The molecule has 0 aliphatic heterocycles. The summed E-state index contributed by atoms with van der Waals surface area (Å²) in [7, 11) is 7.90. The molecule has 0 atom stereocenters. The first-order chi connectivity index (χ1) is 12.9. The zero-order valence-corrected chi connectivity index (χ0v) is 16.1. The van der Waals surface area contributed by atoms with Gasteiger partial charge in [-0.2, -0.15) is 5.10 Å². The fourth-order valence-corrected chi connectivity index (χ4v) is 2.52. The van der Waals surface area contributed by atoms with Crippen LogP contribution in [0.1, 0.15) is 15.9 Å². The topological polar surface area (TPSA) is 94.9 Å². The van der Waals surface area contributed by atoms with Crippen LogP contribution in [0.4, 0.5) is 0 Å². The first-order valence-corrected chi connectivity index (χ1v) is 8.19. The molecule has 9 heteroatoms. The maximum atomic E-state index is 12.4. The lowest BCUT2D eigenvalue weighted by atomic mass is 10.1. The van der Waals surface area contributed by atoms with Gasteiger partial charge in [0.1, 0.15) is 0 Å². The van der Waals surface area contributed by atoms with Gasteiger partial charge in [-0.25, -0.2) is 0 Å². The lowest BCUT2D eigenvalue weighted by molar-refractivity contribution is -0.129. The van der Waals surface area contributed by atoms with Crippen molar-refractivity contribution in [1.29, 1.82) is 0 Å². The molecule has 1 heterocycles. The lowest BCUT2D eigenvalue weighted by Crippen LogP contribution is -2.37. The summed E-state index contributed by atoms with van der Waals surface area (Å²) in [5, 5.41) is 6.67. The van der Waals surface area contributed by atoms with E-state index in [1.807, 2.05) is 13.2 Å².